The number of hydrogen-bond acceptors (Lipinski definition) is 5. The average Bonchev–Trinajstić information content (AvgIpc) is 3.30. The predicted octanol–water partition coefficient (Wildman–Crippen LogP) is 2.63. The topological polar surface area (TPSA) is 63.6 Å². The SMILES string of the molecule is CCCNc1cc(C2CC2)nc(-c2ccncn2)n1. The van der Waals surface area contributed by atoms with Crippen molar-refractivity contribution in [3.05, 3.63) is 30.4 Å². The van der Waals surface area contributed by atoms with Gasteiger partial charge in [0.25, 0.3) is 0 Å². The van der Waals surface area contributed by atoms with Crippen LogP contribution in [0.1, 0.15) is 37.8 Å². The number of nitrogens with one attached hydrogen (secondary N) is 1. The molecule has 0 saturated heterocycles. The van der Waals surface area contributed by atoms with Gasteiger partial charge in [-0.15, -0.1) is 0 Å². The van der Waals surface area contributed by atoms with Crippen LogP contribution in [0.15, 0.2) is 24.7 Å². The smallest absolute Gasteiger partial charge is 0.180 e. The minimum absolute atomic E-state index is 0.603. The van der Waals surface area contributed by atoms with E-state index in [9.17, 15) is 0 Å². The summed E-state index contributed by atoms with van der Waals surface area (Å²) in [7, 11) is 0. The quantitative estimate of drug-likeness (QED) is 0.889. The molecule has 3 rings (SSSR count). The molecule has 19 heavy (non-hydrogen) atoms. The molecule has 1 saturated carbocycles. The molecule has 0 amide bonds. The average molecular weight is 255 g/mol. The maximum absolute atomic E-state index is 4.63. The Morgan fingerprint density at radius 1 is 1.32 bits per heavy atom. The summed E-state index contributed by atoms with van der Waals surface area (Å²) in [4.78, 5) is 17.3. The van der Waals surface area contributed by atoms with Crippen LogP contribution in [0.2, 0.25) is 0 Å². The van der Waals surface area contributed by atoms with Gasteiger partial charge in [-0.3, -0.25) is 0 Å². The van der Waals surface area contributed by atoms with E-state index in [1.54, 1.807) is 6.20 Å². The first kappa shape index (κ1) is 12.0. The fourth-order valence-corrected chi connectivity index (χ4v) is 1.94. The Morgan fingerprint density at radius 3 is 2.89 bits per heavy atom. The number of anilines is 1. The molecule has 5 heteroatoms. The molecule has 5 nitrogen and oxygen atoms in total. The van der Waals surface area contributed by atoms with E-state index in [4.69, 9.17) is 0 Å². The van der Waals surface area contributed by atoms with Crippen LogP contribution in [0.25, 0.3) is 11.5 Å². The minimum atomic E-state index is 0.603. The summed E-state index contributed by atoms with van der Waals surface area (Å²) in [5.74, 6) is 2.18. The van der Waals surface area contributed by atoms with E-state index in [-0.39, 0.29) is 0 Å². The van der Waals surface area contributed by atoms with Crippen molar-refractivity contribution in [3.63, 3.8) is 0 Å². The fourth-order valence-electron chi connectivity index (χ4n) is 1.94. The van der Waals surface area contributed by atoms with E-state index in [0.29, 0.717) is 11.7 Å². The van der Waals surface area contributed by atoms with Crippen LogP contribution in [0.3, 0.4) is 0 Å². The van der Waals surface area contributed by atoms with Gasteiger partial charge in [-0.25, -0.2) is 19.9 Å². The summed E-state index contributed by atoms with van der Waals surface area (Å²) in [5, 5.41) is 3.33. The Balaban J connectivity index is 1.96. The molecule has 2 aromatic heterocycles. The van der Waals surface area contributed by atoms with Crippen molar-refractivity contribution in [1.29, 1.82) is 0 Å². The van der Waals surface area contributed by atoms with Gasteiger partial charge in [0.15, 0.2) is 5.82 Å². The van der Waals surface area contributed by atoms with Crippen molar-refractivity contribution in [1.82, 2.24) is 19.9 Å². The van der Waals surface area contributed by atoms with Gasteiger partial charge in [0.1, 0.15) is 17.8 Å². The summed E-state index contributed by atoms with van der Waals surface area (Å²) in [6, 6.07) is 3.91. The van der Waals surface area contributed by atoms with Crippen molar-refractivity contribution in [2.45, 2.75) is 32.1 Å². The lowest BCUT2D eigenvalue weighted by atomic mass is 10.2. The molecular weight excluding hydrogens is 238 g/mol. The minimum Gasteiger partial charge on any atom is -0.370 e. The molecule has 0 unspecified atom stereocenters. The van der Waals surface area contributed by atoms with Crippen LogP contribution in [-0.2, 0) is 0 Å². The molecular formula is C14H17N5. The van der Waals surface area contributed by atoms with Gasteiger partial charge in [0.05, 0.1) is 0 Å². The molecule has 0 spiro atoms. The molecule has 1 aliphatic rings. The largest absolute Gasteiger partial charge is 0.370 e. The second-order valence-corrected chi connectivity index (χ2v) is 4.80. The maximum Gasteiger partial charge on any atom is 0.180 e. The Hall–Kier alpha value is -2.04. The summed E-state index contributed by atoms with van der Waals surface area (Å²) in [6.45, 7) is 3.06. The standard InChI is InChI=1S/C14H17N5/c1-2-6-16-13-8-12(10-3-4-10)18-14(19-13)11-5-7-15-9-17-11/h5,7-10H,2-4,6H2,1H3,(H,16,18,19). The molecule has 2 aromatic rings. The number of aromatic nitrogens is 4. The predicted molar refractivity (Wildman–Crippen MR) is 73.8 cm³/mol. The van der Waals surface area contributed by atoms with Crippen LogP contribution >= 0.6 is 0 Å². The second kappa shape index (κ2) is 5.30. The van der Waals surface area contributed by atoms with E-state index in [1.807, 2.05) is 6.07 Å². The molecule has 2 heterocycles. The molecule has 0 atom stereocenters. The third-order valence-corrected chi connectivity index (χ3v) is 3.11. The van der Waals surface area contributed by atoms with Gasteiger partial charge in [0.2, 0.25) is 0 Å². The highest BCUT2D eigenvalue weighted by Crippen LogP contribution is 2.40. The zero-order valence-corrected chi connectivity index (χ0v) is 11.0. The van der Waals surface area contributed by atoms with Gasteiger partial charge in [0, 0.05) is 30.4 Å². The monoisotopic (exact) mass is 255 g/mol. The third-order valence-electron chi connectivity index (χ3n) is 3.11. The van der Waals surface area contributed by atoms with Crippen molar-refractivity contribution in [2.24, 2.45) is 0 Å². The van der Waals surface area contributed by atoms with E-state index < -0.39 is 0 Å². The van der Waals surface area contributed by atoms with Gasteiger partial charge >= 0.3 is 0 Å². The summed E-state index contributed by atoms with van der Waals surface area (Å²) >= 11 is 0. The van der Waals surface area contributed by atoms with E-state index in [2.05, 4.69) is 38.2 Å². The molecule has 0 aliphatic heterocycles. The highest BCUT2D eigenvalue weighted by Gasteiger charge is 2.26. The normalized spacial score (nSPS) is 14.4. The summed E-state index contributed by atoms with van der Waals surface area (Å²) < 4.78 is 0. The first-order chi connectivity index (χ1) is 9.36. The van der Waals surface area contributed by atoms with Crippen molar-refractivity contribution < 1.29 is 0 Å². The molecule has 0 aromatic carbocycles. The third kappa shape index (κ3) is 2.86. The number of hydrogen-bond donors (Lipinski definition) is 1. The van der Waals surface area contributed by atoms with E-state index in [1.165, 1.54) is 19.2 Å². The highest BCUT2D eigenvalue weighted by molar-refractivity contribution is 5.53. The van der Waals surface area contributed by atoms with Gasteiger partial charge in [-0.1, -0.05) is 6.92 Å². The highest BCUT2D eigenvalue weighted by atomic mass is 15.0. The van der Waals surface area contributed by atoms with Crippen molar-refractivity contribution in [2.75, 3.05) is 11.9 Å². The lowest BCUT2D eigenvalue weighted by molar-refractivity contribution is 0.944. The molecule has 0 bridgehead atoms. The molecule has 1 N–H and O–H groups in total. The molecule has 1 aliphatic carbocycles. The van der Waals surface area contributed by atoms with Crippen LogP contribution < -0.4 is 5.32 Å². The first-order valence-electron chi connectivity index (χ1n) is 6.76. The first-order valence-corrected chi connectivity index (χ1v) is 6.76. The fraction of sp³-hybridized carbons (Fsp3) is 0.429. The Morgan fingerprint density at radius 2 is 2.21 bits per heavy atom. The van der Waals surface area contributed by atoms with Crippen molar-refractivity contribution in [3.8, 4) is 11.5 Å². The van der Waals surface area contributed by atoms with Crippen LogP contribution in [0.4, 0.5) is 5.82 Å². The molecule has 98 valence electrons. The maximum atomic E-state index is 4.63. The lowest BCUT2D eigenvalue weighted by Gasteiger charge is -2.08. The van der Waals surface area contributed by atoms with E-state index >= 15 is 0 Å². The molecule has 1 fully saturated rings. The summed E-state index contributed by atoms with van der Waals surface area (Å²) in [6.07, 6.45) is 6.78. The van der Waals surface area contributed by atoms with Gasteiger partial charge in [-0.2, -0.15) is 0 Å². The molecule has 0 radical (unpaired) electrons. The van der Waals surface area contributed by atoms with E-state index in [0.717, 1.165) is 30.2 Å². The van der Waals surface area contributed by atoms with Crippen molar-refractivity contribution >= 4 is 5.82 Å². The number of nitrogens with zero attached hydrogens (tertiary/aromatic N) is 4. The Kier molecular flexibility index (Phi) is 3.35. The second-order valence-electron chi connectivity index (χ2n) is 4.80. The Bertz CT molecular complexity index is 551. The van der Waals surface area contributed by atoms with Crippen LogP contribution in [-0.4, -0.2) is 26.5 Å². The summed E-state index contributed by atoms with van der Waals surface area (Å²) in [5.41, 5.74) is 1.90. The van der Waals surface area contributed by atoms with Crippen LogP contribution in [0, 0.1) is 0 Å². The zero-order chi connectivity index (χ0) is 13.1. The Labute approximate surface area is 112 Å². The number of rotatable bonds is 5. The van der Waals surface area contributed by atoms with Gasteiger partial charge < -0.3 is 5.32 Å². The lowest BCUT2D eigenvalue weighted by Crippen LogP contribution is -2.05. The van der Waals surface area contributed by atoms with Crippen LogP contribution in [0.5, 0.6) is 0 Å². The van der Waals surface area contributed by atoms with Gasteiger partial charge in [-0.05, 0) is 25.3 Å². The zero-order valence-electron chi connectivity index (χ0n) is 11.0.